The number of hydrogen-bond donors (Lipinski definition) is 1. The van der Waals surface area contributed by atoms with Gasteiger partial charge in [0.1, 0.15) is 5.75 Å². The summed E-state index contributed by atoms with van der Waals surface area (Å²) in [6.07, 6.45) is 1.27. The quantitative estimate of drug-likeness (QED) is 0.875. The van der Waals surface area contributed by atoms with Gasteiger partial charge in [0.15, 0.2) is 5.60 Å². The first kappa shape index (κ1) is 15.4. The van der Waals surface area contributed by atoms with Crippen molar-refractivity contribution in [1.29, 1.82) is 0 Å². The van der Waals surface area contributed by atoms with Gasteiger partial charge in [-0.1, -0.05) is 44.2 Å². The van der Waals surface area contributed by atoms with Crippen molar-refractivity contribution in [1.82, 2.24) is 0 Å². The minimum Gasteiger partial charge on any atom is -0.475 e. The molecule has 1 aliphatic rings. The Morgan fingerprint density at radius 3 is 2.43 bits per heavy atom. The first-order valence-electron chi connectivity index (χ1n) is 8.04. The highest BCUT2D eigenvalue weighted by Crippen LogP contribution is 2.42. The van der Waals surface area contributed by atoms with Crippen LogP contribution in [0, 0.1) is 0 Å². The number of benzene rings is 2. The molecule has 0 saturated heterocycles. The molecule has 0 unspecified atom stereocenters. The van der Waals surface area contributed by atoms with Gasteiger partial charge in [0.25, 0.3) is 5.91 Å². The lowest BCUT2D eigenvalue weighted by Gasteiger charge is -2.42. The van der Waals surface area contributed by atoms with E-state index in [0.29, 0.717) is 25.1 Å². The van der Waals surface area contributed by atoms with Gasteiger partial charge in [-0.05, 0) is 36.6 Å². The molecule has 3 rings (SSSR count). The highest BCUT2D eigenvalue weighted by atomic mass is 16.5. The van der Waals surface area contributed by atoms with Crippen LogP contribution in [0.25, 0.3) is 0 Å². The van der Waals surface area contributed by atoms with Crippen molar-refractivity contribution in [3.63, 3.8) is 0 Å². The number of nitrogens with two attached hydrogens (primary N) is 1. The number of nitrogens with zero attached hydrogens (tertiary/aromatic N) is 1. The van der Waals surface area contributed by atoms with E-state index in [1.165, 1.54) is 0 Å². The summed E-state index contributed by atoms with van der Waals surface area (Å²) >= 11 is 0. The topological polar surface area (TPSA) is 55.6 Å². The fraction of sp³-hybridized carbons (Fsp3) is 0.316. The Hall–Kier alpha value is -2.49. The van der Waals surface area contributed by atoms with Gasteiger partial charge in [0.2, 0.25) is 0 Å². The average molecular weight is 310 g/mol. The van der Waals surface area contributed by atoms with Gasteiger partial charge >= 0.3 is 0 Å². The number of rotatable bonds is 4. The van der Waals surface area contributed by atoms with Crippen LogP contribution in [0.3, 0.4) is 0 Å². The van der Waals surface area contributed by atoms with Gasteiger partial charge in [0.05, 0.1) is 12.2 Å². The maximum atomic E-state index is 13.1. The summed E-state index contributed by atoms with van der Waals surface area (Å²) in [5.74, 6) is 0.725. The molecule has 0 bridgehead atoms. The minimum absolute atomic E-state index is 0.00412. The van der Waals surface area contributed by atoms with Crippen molar-refractivity contribution in [3.8, 4) is 5.75 Å². The van der Waals surface area contributed by atoms with Crippen LogP contribution in [0.5, 0.6) is 5.75 Å². The monoisotopic (exact) mass is 310 g/mol. The molecule has 4 nitrogen and oxygen atoms in total. The van der Waals surface area contributed by atoms with Crippen molar-refractivity contribution >= 4 is 17.3 Å². The van der Waals surface area contributed by atoms with Crippen molar-refractivity contribution in [2.45, 2.75) is 38.8 Å². The molecule has 2 aromatic carbocycles. The Kier molecular flexibility index (Phi) is 3.99. The van der Waals surface area contributed by atoms with E-state index in [0.717, 1.165) is 17.0 Å². The van der Waals surface area contributed by atoms with Gasteiger partial charge in [0, 0.05) is 5.69 Å². The lowest BCUT2D eigenvalue weighted by atomic mass is 9.92. The lowest BCUT2D eigenvalue weighted by Crippen LogP contribution is -2.55. The SMILES string of the molecule is CCC1(CC)Oc2ccc(N)cc2N(Cc2ccccc2)C1=O. The third-order valence-corrected chi connectivity index (χ3v) is 4.54. The molecule has 1 aliphatic heterocycles. The summed E-state index contributed by atoms with van der Waals surface area (Å²) in [7, 11) is 0. The maximum absolute atomic E-state index is 13.1. The second-order valence-corrected chi connectivity index (χ2v) is 5.91. The maximum Gasteiger partial charge on any atom is 0.271 e. The highest BCUT2D eigenvalue weighted by Gasteiger charge is 2.45. The van der Waals surface area contributed by atoms with E-state index in [2.05, 4.69) is 0 Å². The molecule has 0 atom stereocenters. The number of hydrogen-bond acceptors (Lipinski definition) is 3. The number of anilines is 2. The van der Waals surface area contributed by atoms with Crippen molar-refractivity contribution in [2.75, 3.05) is 10.6 Å². The number of carbonyl (C=O) groups is 1. The number of ether oxygens (including phenoxy) is 1. The summed E-state index contributed by atoms with van der Waals surface area (Å²) in [5.41, 5.74) is 7.58. The fourth-order valence-corrected chi connectivity index (χ4v) is 3.06. The predicted octanol–water partition coefficient (Wildman–Crippen LogP) is 3.75. The van der Waals surface area contributed by atoms with Crippen LogP contribution >= 0.6 is 0 Å². The van der Waals surface area contributed by atoms with E-state index < -0.39 is 5.60 Å². The lowest BCUT2D eigenvalue weighted by molar-refractivity contribution is -0.136. The molecule has 4 heteroatoms. The fourth-order valence-electron chi connectivity index (χ4n) is 3.06. The zero-order valence-electron chi connectivity index (χ0n) is 13.6. The zero-order valence-corrected chi connectivity index (χ0v) is 13.6. The summed E-state index contributed by atoms with van der Waals surface area (Å²) < 4.78 is 6.11. The second-order valence-electron chi connectivity index (χ2n) is 5.91. The third kappa shape index (κ3) is 2.65. The number of nitrogen functional groups attached to an aromatic ring is 1. The van der Waals surface area contributed by atoms with Crippen molar-refractivity contribution in [2.24, 2.45) is 0 Å². The van der Waals surface area contributed by atoms with Crippen LogP contribution in [0.4, 0.5) is 11.4 Å². The molecule has 0 spiro atoms. The predicted molar refractivity (Wildman–Crippen MR) is 92.4 cm³/mol. The molecular weight excluding hydrogens is 288 g/mol. The highest BCUT2D eigenvalue weighted by molar-refractivity contribution is 6.03. The third-order valence-electron chi connectivity index (χ3n) is 4.54. The Balaban J connectivity index is 2.07. The van der Waals surface area contributed by atoms with E-state index in [4.69, 9.17) is 10.5 Å². The summed E-state index contributed by atoms with van der Waals surface area (Å²) in [6.45, 7) is 4.50. The van der Waals surface area contributed by atoms with Gasteiger partial charge < -0.3 is 15.4 Å². The average Bonchev–Trinajstić information content (AvgIpc) is 2.59. The van der Waals surface area contributed by atoms with E-state index in [1.54, 1.807) is 4.90 Å². The number of amides is 1. The molecule has 0 aliphatic carbocycles. The largest absolute Gasteiger partial charge is 0.475 e. The second kappa shape index (κ2) is 5.95. The first-order valence-corrected chi connectivity index (χ1v) is 8.04. The van der Waals surface area contributed by atoms with Crippen LogP contribution in [0.2, 0.25) is 0 Å². The Morgan fingerprint density at radius 2 is 1.78 bits per heavy atom. The van der Waals surface area contributed by atoms with Crippen molar-refractivity contribution in [3.05, 3.63) is 54.1 Å². The van der Waals surface area contributed by atoms with Crippen LogP contribution in [0.1, 0.15) is 32.3 Å². The Morgan fingerprint density at radius 1 is 1.09 bits per heavy atom. The number of fused-ring (bicyclic) bond motifs is 1. The van der Waals surface area contributed by atoms with E-state index in [9.17, 15) is 4.79 Å². The molecule has 2 N–H and O–H groups in total. The molecule has 0 saturated carbocycles. The molecule has 120 valence electrons. The van der Waals surface area contributed by atoms with Gasteiger partial charge in [-0.2, -0.15) is 0 Å². The summed E-state index contributed by atoms with van der Waals surface area (Å²) in [5, 5.41) is 0. The molecule has 1 amide bonds. The smallest absolute Gasteiger partial charge is 0.271 e. The molecule has 23 heavy (non-hydrogen) atoms. The molecule has 0 fully saturated rings. The first-order chi connectivity index (χ1) is 11.1. The van der Waals surface area contributed by atoms with E-state index in [1.807, 2.05) is 62.4 Å². The van der Waals surface area contributed by atoms with Gasteiger partial charge in [-0.15, -0.1) is 0 Å². The Labute approximate surface area is 136 Å². The molecular formula is C19H22N2O2. The summed E-state index contributed by atoms with van der Waals surface area (Å²) in [4.78, 5) is 15.0. The van der Waals surface area contributed by atoms with Crippen LogP contribution < -0.4 is 15.4 Å². The van der Waals surface area contributed by atoms with Crippen molar-refractivity contribution < 1.29 is 9.53 Å². The van der Waals surface area contributed by atoms with Crippen LogP contribution in [-0.4, -0.2) is 11.5 Å². The van der Waals surface area contributed by atoms with Gasteiger partial charge in [-0.25, -0.2) is 0 Å². The van der Waals surface area contributed by atoms with E-state index >= 15 is 0 Å². The summed E-state index contributed by atoms with van der Waals surface area (Å²) in [6, 6.07) is 15.5. The van der Waals surface area contributed by atoms with Crippen LogP contribution in [0.15, 0.2) is 48.5 Å². The number of carbonyl (C=O) groups excluding carboxylic acids is 1. The van der Waals surface area contributed by atoms with E-state index in [-0.39, 0.29) is 5.91 Å². The molecule has 1 heterocycles. The minimum atomic E-state index is -0.794. The van der Waals surface area contributed by atoms with Crippen LogP contribution in [-0.2, 0) is 11.3 Å². The molecule has 0 radical (unpaired) electrons. The van der Waals surface area contributed by atoms with Gasteiger partial charge in [-0.3, -0.25) is 4.79 Å². The molecule has 0 aromatic heterocycles. The molecule has 2 aromatic rings. The Bertz CT molecular complexity index is 709. The normalized spacial score (nSPS) is 15.9. The standard InChI is InChI=1S/C19H22N2O2/c1-3-19(4-2)18(22)21(13-14-8-6-5-7-9-14)16-12-15(20)10-11-17(16)23-19/h5-12H,3-4,13,20H2,1-2H3. The zero-order chi connectivity index (χ0) is 16.4.